The van der Waals surface area contributed by atoms with E-state index in [-0.39, 0.29) is 12.5 Å². The highest BCUT2D eigenvalue weighted by molar-refractivity contribution is 6.25. The lowest BCUT2D eigenvalue weighted by molar-refractivity contribution is -0.123. The number of hydrogen-bond acceptors (Lipinski definition) is 8. The van der Waals surface area contributed by atoms with Crippen molar-refractivity contribution in [3.05, 3.63) is 59.2 Å². The highest BCUT2D eigenvalue weighted by atomic mass is 16.5. The third-order valence-corrected chi connectivity index (χ3v) is 5.18. The molecule has 1 fully saturated rings. The van der Waals surface area contributed by atoms with Crippen LogP contribution >= 0.6 is 0 Å². The minimum absolute atomic E-state index is 0.138. The summed E-state index contributed by atoms with van der Waals surface area (Å²) in [5.41, 5.74) is 2.49. The van der Waals surface area contributed by atoms with Gasteiger partial charge >= 0.3 is 5.97 Å². The monoisotopic (exact) mass is 408 g/mol. The lowest BCUT2D eigenvalue weighted by Gasteiger charge is -2.22. The van der Waals surface area contributed by atoms with E-state index in [2.05, 4.69) is 10.3 Å². The maximum Gasteiger partial charge on any atom is 0.337 e. The zero-order chi connectivity index (χ0) is 21.4. The van der Waals surface area contributed by atoms with Gasteiger partial charge in [-0.3, -0.25) is 14.6 Å². The average molecular weight is 408 g/mol. The Labute approximate surface area is 172 Å². The molecule has 4 rings (SSSR count). The van der Waals surface area contributed by atoms with Crippen molar-refractivity contribution in [2.45, 2.75) is 25.6 Å². The van der Waals surface area contributed by atoms with Gasteiger partial charge in [0.2, 0.25) is 0 Å². The zero-order valence-electron chi connectivity index (χ0n) is 16.7. The van der Waals surface area contributed by atoms with Crippen molar-refractivity contribution in [3.63, 3.8) is 0 Å². The molecular formula is C21H20N4O5. The third-order valence-electron chi connectivity index (χ3n) is 5.18. The fraction of sp³-hybridized carbons (Fsp3) is 0.286. The summed E-state index contributed by atoms with van der Waals surface area (Å²) >= 11 is 0. The first-order chi connectivity index (χ1) is 14.4. The molecule has 2 aromatic rings. The highest BCUT2D eigenvalue weighted by Crippen LogP contribution is 2.34. The minimum atomic E-state index is -0.895. The summed E-state index contributed by atoms with van der Waals surface area (Å²) in [5, 5.41) is 9.54. The molecule has 0 unspecified atom stereocenters. The Kier molecular flexibility index (Phi) is 4.94. The second-order valence-electron chi connectivity index (χ2n) is 7.06. The third kappa shape index (κ3) is 3.18. The molecule has 2 heterocycles. The summed E-state index contributed by atoms with van der Waals surface area (Å²) in [4.78, 5) is 39.0. The number of amides is 2. The molecule has 2 aliphatic heterocycles. The summed E-state index contributed by atoms with van der Waals surface area (Å²) in [5.74, 6) is -0.761. The lowest BCUT2D eigenvalue weighted by atomic mass is 10.1. The van der Waals surface area contributed by atoms with Crippen LogP contribution in [0, 0.1) is 6.92 Å². The summed E-state index contributed by atoms with van der Waals surface area (Å²) < 4.78 is 10.1. The Morgan fingerprint density at radius 3 is 2.47 bits per heavy atom. The first-order valence-corrected chi connectivity index (χ1v) is 9.31. The van der Waals surface area contributed by atoms with E-state index in [1.165, 1.54) is 19.2 Å². The van der Waals surface area contributed by atoms with Crippen molar-refractivity contribution in [1.29, 1.82) is 0 Å². The molecule has 0 saturated carbocycles. The topological polar surface area (TPSA) is 101 Å². The number of ether oxygens (including phenoxy) is 2. The molecule has 154 valence electrons. The zero-order valence-corrected chi connectivity index (χ0v) is 16.7. The normalized spacial score (nSPS) is 20.0. The molecule has 0 bridgehead atoms. The van der Waals surface area contributed by atoms with Gasteiger partial charge in [-0.1, -0.05) is 22.9 Å². The van der Waals surface area contributed by atoms with Crippen LogP contribution in [0.1, 0.15) is 21.5 Å². The predicted octanol–water partition coefficient (Wildman–Crippen LogP) is 2.28. The molecular weight excluding hydrogens is 388 g/mol. The number of methoxy groups -OCH3 is 2. The molecule has 0 spiro atoms. The van der Waals surface area contributed by atoms with Crippen LogP contribution in [0.2, 0.25) is 0 Å². The van der Waals surface area contributed by atoms with Gasteiger partial charge in [-0.2, -0.15) is 5.11 Å². The van der Waals surface area contributed by atoms with Crippen LogP contribution in [0.25, 0.3) is 0 Å². The SMILES string of the molecule is COC(=O)c1ccc(OC)c(CN2N=N[C@H]3C(=O)N(c4ccc(C)cc4)C(=O)[C@@H]32)c1. The smallest absolute Gasteiger partial charge is 0.337 e. The number of rotatable bonds is 5. The van der Waals surface area contributed by atoms with Crippen LogP contribution in [0.3, 0.4) is 0 Å². The molecule has 2 amide bonds. The van der Waals surface area contributed by atoms with Crippen molar-refractivity contribution < 1.29 is 23.9 Å². The number of imide groups is 1. The Hall–Kier alpha value is -3.75. The Bertz CT molecular complexity index is 1050. The fourth-order valence-corrected chi connectivity index (χ4v) is 3.62. The number of aryl methyl sites for hydroxylation is 1. The van der Waals surface area contributed by atoms with Crippen LogP contribution in [0.5, 0.6) is 5.75 Å². The van der Waals surface area contributed by atoms with Gasteiger partial charge in [-0.15, -0.1) is 0 Å². The molecule has 9 nitrogen and oxygen atoms in total. The molecule has 0 radical (unpaired) electrons. The van der Waals surface area contributed by atoms with Crippen molar-refractivity contribution >= 4 is 23.5 Å². The lowest BCUT2D eigenvalue weighted by Crippen LogP contribution is -2.39. The molecule has 0 aliphatic carbocycles. The van der Waals surface area contributed by atoms with E-state index in [1.54, 1.807) is 30.3 Å². The van der Waals surface area contributed by atoms with Crippen LogP contribution in [-0.4, -0.2) is 49.1 Å². The first kappa shape index (κ1) is 19.6. The first-order valence-electron chi connectivity index (χ1n) is 9.31. The summed E-state index contributed by atoms with van der Waals surface area (Å²) in [7, 11) is 2.81. The number of carbonyl (C=O) groups excluding carboxylic acids is 3. The largest absolute Gasteiger partial charge is 0.496 e. The summed E-state index contributed by atoms with van der Waals surface area (Å²) in [6, 6.07) is 10.3. The number of nitrogens with zero attached hydrogens (tertiary/aromatic N) is 4. The van der Waals surface area contributed by atoms with E-state index in [4.69, 9.17) is 9.47 Å². The number of hydrogen-bond donors (Lipinski definition) is 0. The Morgan fingerprint density at radius 2 is 1.80 bits per heavy atom. The molecule has 9 heteroatoms. The van der Waals surface area contributed by atoms with Crippen molar-refractivity contribution in [1.82, 2.24) is 5.01 Å². The standard InChI is InChI=1S/C21H20N4O5/c1-12-4-7-15(8-5-12)25-19(26)17-18(20(25)27)24(23-22-17)11-14-10-13(21(28)30-3)6-9-16(14)29-2/h4-10,17-18H,11H2,1-3H3/t17-,18-/m1/s1. The van der Waals surface area contributed by atoms with Crippen LogP contribution in [0.15, 0.2) is 52.8 Å². The molecule has 2 aliphatic rings. The van der Waals surface area contributed by atoms with Gasteiger partial charge in [-0.25, -0.2) is 9.69 Å². The number of fused-ring (bicyclic) bond motifs is 1. The Morgan fingerprint density at radius 1 is 1.07 bits per heavy atom. The van der Waals surface area contributed by atoms with Crippen LogP contribution in [-0.2, 0) is 20.9 Å². The predicted molar refractivity (Wildman–Crippen MR) is 106 cm³/mol. The second-order valence-corrected chi connectivity index (χ2v) is 7.06. The van der Waals surface area contributed by atoms with Gasteiger partial charge in [0.05, 0.1) is 32.0 Å². The highest BCUT2D eigenvalue weighted by Gasteiger charge is 2.54. The molecule has 2 aromatic carbocycles. The van der Waals surface area contributed by atoms with E-state index >= 15 is 0 Å². The van der Waals surface area contributed by atoms with Crippen molar-refractivity contribution in [2.24, 2.45) is 10.3 Å². The van der Waals surface area contributed by atoms with Gasteiger partial charge in [0.15, 0.2) is 12.1 Å². The van der Waals surface area contributed by atoms with E-state index in [9.17, 15) is 14.4 Å². The van der Waals surface area contributed by atoms with Gasteiger partial charge < -0.3 is 9.47 Å². The fourth-order valence-electron chi connectivity index (χ4n) is 3.62. The van der Waals surface area contributed by atoms with Crippen LogP contribution in [0.4, 0.5) is 5.69 Å². The van der Waals surface area contributed by atoms with Gasteiger partial charge in [0, 0.05) is 5.56 Å². The summed E-state index contributed by atoms with van der Waals surface area (Å²) in [6.45, 7) is 2.07. The number of carbonyl (C=O) groups is 3. The quantitative estimate of drug-likeness (QED) is 0.556. The molecule has 30 heavy (non-hydrogen) atoms. The molecule has 0 aromatic heterocycles. The van der Waals surface area contributed by atoms with Gasteiger partial charge in [0.25, 0.3) is 11.8 Å². The van der Waals surface area contributed by atoms with Crippen molar-refractivity contribution in [2.75, 3.05) is 19.1 Å². The van der Waals surface area contributed by atoms with E-state index in [0.29, 0.717) is 22.6 Å². The minimum Gasteiger partial charge on any atom is -0.496 e. The molecule has 2 atom stereocenters. The number of esters is 1. The van der Waals surface area contributed by atoms with Crippen LogP contribution < -0.4 is 9.64 Å². The maximum absolute atomic E-state index is 13.1. The molecule has 0 N–H and O–H groups in total. The van der Waals surface area contributed by atoms with Gasteiger partial charge in [-0.05, 0) is 37.3 Å². The average Bonchev–Trinajstić information content (AvgIpc) is 3.28. The van der Waals surface area contributed by atoms with Crippen molar-refractivity contribution in [3.8, 4) is 5.75 Å². The van der Waals surface area contributed by atoms with E-state index in [0.717, 1.165) is 10.5 Å². The van der Waals surface area contributed by atoms with E-state index in [1.807, 2.05) is 19.1 Å². The number of anilines is 1. The maximum atomic E-state index is 13.1. The summed E-state index contributed by atoms with van der Waals surface area (Å²) in [6.07, 6.45) is 0. The molecule has 1 saturated heterocycles. The van der Waals surface area contributed by atoms with Gasteiger partial charge in [0.1, 0.15) is 5.75 Å². The van der Waals surface area contributed by atoms with E-state index < -0.39 is 24.0 Å². The Balaban J connectivity index is 1.62. The second kappa shape index (κ2) is 7.58. The number of benzene rings is 2.